The molecule has 2 aromatic heterocycles. The molecule has 3 aromatic rings. The molecular formula is C25H32F2N8O3. The van der Waals surface area contributed by atoms with Crippen LogP contribution in [0, 0.1) is 11.6 Å². The Morgan fingerprint density at radius 3 is 2.76 bits per heavy atom. The maximum atomic E-state index is 15.5. The molecule has 1 aliphatic rings. The van der Waals surface area contributed by atoms with Crippen LogP contribution in [0.25, 0.3) is 5.69 Å². The van der Waals surface area contributed by atoms with Crippen LogP contribution < -0.4 is 16.0 Å². The average Bonchev–Trinajstić information content (AvgIpc) is 3.57. The minimum atomic E-state index is -0.839. The summed E-state index contributed by atoms with van der Waals surface area (Å²) in [4.78, 5) is 22.6. The zero-order chi connectivity index (χ0) is 27.1. The van der Waals surface area contributed by atoms with E-state index in [0.29, 0.717) is 11.3 Å². The molecule has 1 amide bonds. The number of carbonyl (C=O) groups excluding carboxylic acids is 1. The minimum absolute atomic E-state index is 0.0216. The van der Waals surface area contributed by atoms with Gasteiger partial charge in [0.05, 0.1) is 24.9 Å². The Morgan fingerprint density at radius 2 is 2.11 bits per heavy atom. The first-order chi connectivity index (χ1) is 18.4. The van der Waals surface area contributed by atoms with Crippen molar-refractivity contribution in [3.63, 3.8) is 0 Å². The summed E-state index contributed by atoms with van der Waals surface area (Å²) >= 11 is 0. The fraction of sp³-hybridized carbons (Fsp3) is 0.440. The number of nitrogens with zero attached hydrogens (tertiary/aromatic N) is 6. The zero-order valence-electron chi connectivity index (χ0n) is 20.9. The van der Waals surface area contributed by atoms with Crippen molar-refractivity contribution in [2.45, 2.75) is 38.0 Å². The third kappa shape index (κ3) is 7.21. The molecule has 2 heterocycles. The summed E-state index contributed by atoms with van der Waals surface area (Å²) in [6.07, 6.45) is 5.68. The van der Waals surface area contributed by atoms with Crippen molar-refractivity contribution in [1.29, 1.82) is 0 Å². The summed E-state index contributed by atoms with van der Waals surface area (Å²) in [6, 6.07) is 6.62. The Hall–Kier alpha value is -3.68. The highest BCUT2D eigenvalue weighted by molar-refractivity contribution is 5.75. The van der Waals surface area contributed by atoms with Crippen LogP contribution >= 0.6 is 0 Å². The van der Waals surface area contributed by atoms with E-state index >= 15 is 4.39 Å². The largest absolute Gasteiger partial charge is 0.395 e. The van der Waals surface area contributed by atoms with Crippen molar-refractivity contribution in [1.82, 2.24) is 24.6 Å². The number of nitrogens with one attached hydrogen (secondary N) is 1. The predicted octanol–water partition coefficient (Wildman–Crippen LogP) is 1.05. The fourth-order valence-corrected chi connectivity index (χ4v) is 4.20. The third-order valence-corrected chi connectivity index (χ3v) is 6.21. The van der Waals surface area contributed by atoms with Crippen molar-refractivity contribution in [2.24, 2.45) is 5.73 Å². The van der Waals surface area contributed by atoms with Gasteiger partial charge in [-0.25, -0.2) is 19.0 Å². The average molecular weight is 531 g/mol. The number of aliphatic hydroxyl groups is 2. The molecule has 38 heavy (non-hydrogen) atoms. The zero-order valence-corrected chi connectivity index (χ0v) is 20.9. The van der Waals surface area contributed by atoms with E-state index in [9.17, 15) is 14.3 Å². The highest BCUT2D eigenvalue weighted by atomic mass is 19.1. The number of carbonyl (C=O) groups is 1. The van der Waals surface area contributed by atoms with E-state index < -0.39 is 23.6 Å². The molecule has 0 saturated heterocycles. The third-order valence-electron chi connectivity index (χ3n) is 6.21. The molecule has 1 fully saturated rings. The van der Waals surface area contributed by atoms with Crippen LogP contribution in [0.3, 0.4) is 0 Å². The van der Waals surface area contributed by atoms with Crippen LogP contribution in [0.5, 0.6) is 0 Å². The molecule has 0 unspecified atom stereocenters. The molecule has 1 aliphatic carbocycles. The quantitative estimate of drug-likeness (QED) is 0.227. The molecule has 0 radical (unpaired) electrons. The maximum absolute atomic E-state index is 15.5. The molecule has 1 aromatic carbocycles. The van der Waals surface area contributed by atoms with Gasteiger partial charge in [0.25, 0.3) is 0 Å². The van der Waals surface area contributed by atoms with E-state index in [-0.39, 0.29) is 63.4 Å². The molecule has 1 atom stereocenters. The smallest absolute Gasteiger partial charge is 0.231 e. The molecule has 4 rings (SSSR count). The van der Waals surface area contributed by atoms with Gasteiger partial charge in [-0.2, -0.15) is 9.49 Å². The van der Waals surface area contributed by atoms with Crippen LogP contribution in [0.4, 0.5) is 20.4 Å². The summed E-state index contributed by atoms with van der Waals surface area (Å²) in [5, 5.41) is 26.4. The standard InChI is InChI=1S/C25H32F2N8O3/c26-21-12-19(35-9-1-7-32-35)3-2-17(21)13-34(18-4-5-18)25-23(27)24(30-16-31-25)29-8-6-20(37)14-33(10-11-36)15-22(28)38/h1-3,7,9,12,16,18,20,36-37H,4-6,8,10-11,13-15H2,(H2,28,38)(H,29,30,31)/t20-/m1/s1. The Labute approximate surface area is 218 Å². The fourth-order valence-electron chi connectivity index (χ4n) is 4.20. The second kappa shape index (κ2) is 12.7. The molecule has 0 bridgehead atoms. The Bertz CT molecular complexity index is 1210. The molecule has 0 aliphatic heterocycles. The summed E-state index contributed by atoms with van der Waals surface area (Å²) in [7, 11) is 0. The minimum Gasteiger partial charge on any atom is -0.395 e. The Kier molecular flexibility index (Phi) is 9.15. The molecule has 204 valence electrons. The van der Waals surface area contributed by atoms with Gasteiger partial charge in [0, 0.05) is 50.2 Å². The number of hydrogen-bond donors (Lipinski definition) is 4. The summed E-state index contributed by atoms with van der Waals surface area (Å²) in [5.74, 6) is -1.58. The molecular weight excluding hydrogens is 498 g/mol. The lowest BCUT2D eigenvalue weighted by Gasteiger charge is -2.25. The van der Waals surface area contributed by atoms with Gasteiger partial charge in [-0.3, -0.25) is 9.69 Å². The Morgan fingerprint density at radius 1 is 1.29 bits per heavy atom. The van der Waals surface area contributed by atoms with E-state index in [1.807, 2.05) is 0 Å². The van der Waals surface area contributed by atoms with Gasteiger partial charge in [0.1, 0.15) is 12.1 Å². The second-order valence-corrected chi connectivity index (χ2v) is 9.24. The van der Waals surface area contributed by atoms with E-state index in [1.165, 1.54) is 12.4 Å². The maximum Gasteiger partial charge on any atom is 0.231 e. The van der Waals surface area contributed by atoms with E-state index in [1.54, 1.807) is 45.1 Å². The number of nitrogens with two attached hydrogens (primary N) is 1. The molecule has 0 spiro atoms. The number of benzene rings is 1. The highest BCUT2D eigenvalue weighted by Crippen LogP contribution is 2.35. The SMILES string of the molecule is NC(=O)CN(CCO)C[C@H](O)CCNc1ncnc(N(Cc2ccc(-n3cccn3)cc2F)C2CC2)c1F. The van der Waals surface area contributed by atoms with Crippen LogP contribution in [0.1, 0.15) is 24.8 Å². The van der Waals surface area contributed by atoms with Crippen molar-refractivity contribution in [2.75, 3.05) is 43.0 Å². The van der Waals surface area contributed by atoms with Crippen molar-refractivity contribution in [3.8, 4) is 5.69 Å². The van der Waals surface area contributed by atoms with Gasteiger partial charge in [-0.15, -0.1) is 0 Å². The van der Waals surface area contributed by atoms with E-state index in [4.69, 9.17) is 10.8 Å². The number of aliphatic hydroxyl groups excluding tert-OH is 2. The number of primary amides is 1. The number of rotatable bonds is 15. The van der Waals surface area contributed by atoms with Crippen LogP contribution in [0.2, 0.25) is 0 Å². The van der Waals surface area contributed by atoms with Gasteiger partial charge >= 0.3 is 0 Å². The number of anilines is 2. The Balaban J connectivity index is 1.40. The van der Waals surface area contributed by atoms with Gasteiger partial charge in [-0.1, -0.05) is 6.07 Å². The van der Waals surface area contributed by atoms with Gasteiger partial charge < -0.3 is 26.2 Å². The molecule has 1 saturated carbocycles. The van der Waals surface area contributed by atoms with Crippen molar-refractivity contribution >= 4 is 17.5 Å². The predicted molar refractivity (Wildman–Crippen MR) is 137 cm³/mol. The lowest BCUT2D eigenvalue weighted by Crippen LogP contribution is -2.40. The number of halogens is 2. The first-order valence-electron chi connectivity index (χ1n) is 12.4. The van der Waals surface area contributed by atoms with Gasteiger partial charge in [0.15, 0.2) is 11.6 Å². The van der Waals surface area contributed by atoms with Gasteiger partial charge in [0.2, 0.25) is 11.7 Å². The van der Waals surface area contributed by atoms with Crippen LogP contribution in [-0.4, -0.2) is 85.7 Å². The number of aromatic nitrogens is 4. The van der Waals surface area contributed by atoms with Gasteiger partial charge in [-0.05, 0) is 37.5 Å². The van der Waals surface area contributed by atoms with Crippen molar-refractivity contribution < 1.29 is 23.8 Å². The summed E-state index contributed by atoms with van der Waals surface area (Å²) in [5.41, 5.74) is 6.20. The molecule has 11 nitrogen and oxygen atoms in total. The monoisotopic (exact) mass is 530 g/mol. The normalized spacial score (nSPS) is 14.0. The molecule has 13 heteroatoms. The topological polar surface area (TPSA) is 146 Å². The highest BCUT2D eigenvalue weighted by Gasteiger charge is 2.33. The number of hydrogen-bond acceptors (Lipinski definition) is 9. The van der Waals surface area contributed by atoms with E-state index in [0.717, 1.165) is 12.8 Å². The lowest BCUT2D eigenvalue weighted by atomic mass is 10.1. The first-order valence-corrected chi connectivity index (χ1v) is 12.4. The first kappa shape index (κ1) is 27.4. The number of amides is 1. The lowest BCUT2D eigenvalue weighted by molar-refractivity contribution is -0.119. The molecule has 5 N–H and O–H groups in total. The summed E-state index contributed by atoms with van der Waals surface area (Å²) in [6.45, 7) is 0.402. The van der Waals surface area contributed by atoms with Crippen LogP contribution in [-0.2, 0) is 11.3 Å². The van der Waals surface area contributed by atoms with E-state index in [2.05, 4.69) is 20.4 Å². The second-order valence-electron chi connectivity index (χ2n) is 9.24. The van der Waals surface area contributed by atoms with Crippen LogP contribution in [0.15, 0.2) is 43.0 Å². The summed E-state index contributed by atoms with van der Waals surface area (Å²) < 4.78 is 32.0. The van der Waals surface area contributed by atoms with Crippen molar-refractivity contribution in [3.05, 3.63) is 60.2 Å².